The molecule has 0 bridgehead atoms. The minimum absolute atomic E-state index is 0.598. The Morgan fingerprint density at radius 3 is 2.90 bits per heavy atom. The molecule has 0 radical (unpaired) electrons. The van der Waals surface area contributed by atoms with E-state index >= 15 is 0 Å². The van der Waals surface area contributed by atoms with Gasteiger partial charge < -0.3 is 5.32 Å². The molecule has 1 N–H and O–H groups in total. The number of hydrogen-bond acceptors (Lipinski definition) is 3. The summed E-state index contributed by atoms with van der Waals surface area (Å²) in [4.78, 5) is 8.52. The summed E-state index contributed by atoms with van der Waals surface area (Å²) >= 11 is 0. The van der Waals surface area contributed by atoms with Gasteiger partial charge in [0.2, 0.25) is 0 Å². The van der Waals surface area contributed by atoms with Crippen LogP contribution in [0.4, 0.5) is 5.69 Å². The number of hydrogen-bond donors (Lipinski definition) is 1. The molecule has 0 aromatic carbocycles. The molecule has 2 aromatic rings. The van der Waals surface area contributed by atoms with Crippen LogP contribution in [0.25, 0.3) is 5.82 Å². The lowest BCUT2D eigenvalue weighted by Gasteiger charge is -2.17. The summed E-state index contributed by atoms with van der Waals surface area (Å²) in [6.07, 6.45) is 13.9. The number of rotatable bonds is 3. The fraction of sp³-hybridized carbons (Fsp3) is 0.500. The second-order valence-electron chi connectivity index (χ2n) is 5.83. The van der Waals surface area contributed by atoms with Crippen LogP contribution in [0.1, 0.15) is 39.0 Å². The van der Waals surface area contributed by atoms with Gasteiger partial charge in [0.1, 0.15) is 12.1 Å². The van der Waals surface area contributed by atoms with Crippen LogP contribution in [-0.2, 0) is 0 Å². The van der Waals surface area contributed by atoms with Gasteiger partial charge in [0.15, 0.2) is 0 Å². The van der Waals surface area contributed by atoms with Gasteiger partial charge in [-0.05, 0) is 37.3 Å². The predicted octanol–water partition coefficient (Wildman–Crippen LogP) is 3.65. The average Bonchev–Trinajstić information content (AvgIpc) is 2.92. The summed E-state index contributed by atoms with van der Waals surface area (Å²) < 4.78 is 1.91. The van der Waals surface area contributed by atoms with Crippen LogP contribution < -0.4 is 5.32 Å². The molecule has 20 heavy (non-hydrogen) atoms. The standard InChI is InChI=1S/C16H22N4/c1-13-3-2-4-14(6-5-13)19-15-7-8-16(18-11-15)20-10-9-17-12-20/h7-14,19H,2-6H2,1H3. The summed E-state index contributed by atoms with van der Waals surface area (Å²) in [6.45, 7) is 2.36. The van der Waals surface area contributed by atoms with E-state index in [1.54, 1.807) is 12.5 Å². The first-order valence-corrected chi connectivity index (χ1v) is 7.52. The topological polar surface area (TPSA) is 42.7 Å². The van der Waals surface area contributed by atoms with Crippen LogP contribution in [0.5, 0.6) is 0 Å². The molecule has 2 aromatic heterocycles. The van der Waals surface area contributed by atoms with Gasteiger partial charge in [-0.1, -0.05) is 19.8 Å². The number of imidazole rings is 1. The fourth-order valence-corrected chi connectivity index (χ4v) is 2.89. The van der Waals surface area contributed by atoms with Gasteiger partial charge in [-0.15, -0.1) is 0 Å². The first-order chi connectivity index (χ1) is 9.81. The van der Waals surface area contributed by atoms with Gasteiger partial charge in [0, 0.05) is 18.4 Å². The van der Waals surface area contributed by atoms with Crippen molar-refractivity contribution in [3.05, 3.63) is 37.1 Å². The van der Waals surface area contributed by atoms with Gasteiger partial charge in [-0.25, -0.2) is 9.97 Å². The van der Waals surface area contributed by atoms with Crippen LogP contribution in [0.3, 0.4) is 0 Å². The Hall–Kier alpha value is -1.84. The van der Waals surface area contributed by atoms with Gasteiger partial charge in [0.05, 0.1) is 11.9 Å². The van der Waals surface area contributed by atoms with E-state index in [-0.39, 0.29) is 0 Å². The zero-order valence-corrected chi connectivity index (χ0v) is 12.0. The largest absolute Gasteiger partial charge is 0.381 e. The highest BCUT2D eigenvalue weighted by Gasteiger charge is 2.15. The Labute approximate surface area is 120 Å². The van der Waals surface area contributed by atoms with E-state index in [0.717, 1.165) is 17.4 Å². The zero-order valence-electron chi connectivity index (χ0n) is 12.0. The third kappa shape index (κ3) is 3.18. The Morgan fingerprint density at radius 1 is 1.20 bits per heavy atom. The number of aromatic nitrogens is 3. The van der Waals surface area contributed by atoms with Crippen molar-refractivity contribution in [1.82, 2.24) is 14.5 Å². The first kappa shape index (κ1) is 13.2. The van der Waals surface area contributed by atoms with Crippen LogP contribution >= 0.6 is 0 Å². The maximum atomic E-state index is 4.49. The molecule has 0 spiro atoms. The molecular formula is C16H22N4. The highest BCUT2D eigenvalue weighted by Crippen LogP contribution is 2.25. The molecule has 1 aliphatic carbocycles. The summed E-state index contributed by atoms with van der Waals surface area (Å²) in [5.41, 5.74) is 1.12. The van der Waals surface area contributed by atoms with Crippen molar-refractivity contribution in [2.75, 3.05) is 5.32 Å². The molecule has 106 valence electrons. The van der Waals surface area contributed by atoms with E-state index in [0.29, 0.717) is 6.04 Å². The van der Waals surface area contributed by atoms with Crippen molar-refractivity contribution >= 4 is 5.69 Å². The molecule has 0 saturated heterocycles. The first-order valence-electron chi connectivity index (χ1n) is 7.52. The van der Waals surface area contributed by atoms with Crippen molar-refractivity contribution in [1.29, 1.82) is 0 Å². The molecule has 1 aliphatic rings. The molecule has 3 rings (SSSR count). The van der Waals surface area contributed by atoms with Crippen LogP contribution in [0.15, 0.2) is 37.1 Å². The van der Waals surface area contributed by atoms with E-state index in [1.165, 1.54) is 32.1 Å². The maximum absolute atomic E-state index is 4.49. The fourth-order valence-electron chi connectivity index (χ4n) is 2.89. The molecule has 2 unspecified atom stereocenters. The molecule has 1 fully saturated rings. The van der Waals surface area contributed by atoms with E-state index < -0.39 is 0 Å². The van der Waals surface area contributed by atoms with E-state index in [9.17, 15) is 0 Å². The molecule has 1 saturated carbocycles. The SMILES string of the molecule is CC1CCCC(Nc2ccc(-n3ccnc3)nc2)CC1. The van der Waals surface area contributed by atoms with Gasteiger partial charge in [-0.2, -0.15) is 0 Å². The second kappa shape index (κ2) is 6.07. The summed E-state index contributed by atoms with van der Waals surface area (Å²) in [7, 11) is 0. The Bertz CT molecular complexity index is 518. The van der Waals surface area contributed by atoms with Gasteiger partial charge in [-0.3, -0.25) is 4.57 Å². The highest BCUT2D eigenvalue weighted by atomic mass is 15.1. The van der Waals surface area contributed by atoms with Crippen molar-refractivity contribution in [3.63, 3.8) is 0 Å². The number of anilines is 1. The second-order valence-corrected chi connectivity index (χ2v) is 5.83. The lowest BCUT2D eigenvalue weighted by atomic mass is 10.0. The quantitative estimate of drug-likeness (QED) is 0.866. The van der Waals surface area contributed by atoms with Gasteiger partial charge >= 0.3 is 0 Å². The summed E-state index contributed by atoms with van der Waals surface area (Å²) in [5.74, 6) is 1.78. The Kier molecular flexibility index (Phi) is 4.00. The molecule has 4 nitrogen and oxygen atoms in total. The third-order valence-electron chi connectivity index (χ3n) is 4.15. The van der Waals surface area contributed by atoms with Crippen LogP contribution in [-0.4, -0.2) is 20.6 Å². The van der Waals surface area contributed by atoms with Crippen molar-refractivity contribution in [3.8, 4) is 5.82 Å². The minimum Gasteiger partial charge on any atom is -0.381 e. The Morgan fingerprint density at radius 2 is 2.15 bits per heavy atom. The van der Waals surface area contributed by atoms with Crippen LogP contribution in [0, 0.1) is 5.92 Å². The monoisotopic (exact) mass is 270 g/mol. The van der Waals surface area contributed by atoms with E-state index in [1.807, 2.05) is 23.0 Å². The average molecular weight is 270 g/mol. The number of nitrogens with one attached hydrogen (secondary N) is 1. The van der Waals surface area contributed by atoms with Crippen molar-refractivity contribution in [2.45, 2.75) is 45.1 Å². The molecule has 2 heterocycles. The predicted molar refractivity (Wildman–Crippen MR) is 81.0 cm³/mol. The minimum atomic E-state index is 0.598. The summed E-state index contributed by atoms with van der Waals surface area (Å²) in [5, 5.41) is 3.63. The lowest BCUT2D eigenvalue weighted by Crippen LogP contribution is -2.18. The smallest absolute Gasteiger partial charge is 0.137 e. The number of nitrogens with zero attached hydrogens (tertiary/aromatic N) is 3. The molecule has 2 atom stereocenters. The zero-order chi connectivity index (χ0) is 13.8. The number of pyridine rings is 1. The summed E-state index contributed by atoms with van der Waals surface area (Å²) in [6, 6.07) is 4.74. The van der Waals surface area contributed by atoms with E-state index in [4.69, 9.17) is 0 Å². The molecule has 0 amide bonds. The molecular weight excluding hydrogens is 248 g/mol. The van der Waals surface area contributed by atoms with Gasteiger partial charge in [0.25, 0.3) is 0 Å². The molecule has 4 heteroatoms. The van der Waals surface area contributed by atoms with Crippen molar-refractivity contribution in [2.24, 2.45) is 5.92 Å². The molecule has 0 aliphatic heterocycles. The third-order valence-corrected chi connectivity index (χ3v) is 4.15. The maximum Gasteiger partial charge on any atom is 0.137 e. The lowest BCUT2D eigenvalue weighted by molar-refractivity contribution is 0.502. The van der Waals surface area contributed by atoms with E-state index in [2.05, 4.69) is 28.3 Å². The van der Waals surface area contributed by atoms with Crippen molar-refractivity contribution < 1.29 is 0 Å². The normalized spacial score (nSPS) is 23.2. The van der Waals surface area contributed by atoms with Crippen LogP contribution in [0.2, 0.25) is 0 Å². The highest BCUT2D eigenvalue weighted by molar-refractivity contribution is 5.44. The Balaban J connectivity index is 1.63.